The molecule has 1 rings (SSSR count). The fraction of sp³-hybridized carbons (Fsp3) is 0.429. The quantitative estimate of drug-likeness (QED) is 0.855. The Morgan fingerprint density at radius 3 is 2.92 bits per heavy atom. The second-order valence-corrected chi connectivity index (χ2v) is 3.49. The molecule has 5 heteroatoms. The van der Waals surface area contributed by atoms with Gasteiger partial charge in [0, 0.05) is 12.6 Å². The summed E-state index contributed by atoms with van der Waals surface area (Å²) in [5.41, 5.74) is 0.118. The maximum Gasteiger partial charge on any atom is 0.356 e. The van der Waals surface area contributed by atoms with Gasteiger partial charge in [0.1, 0.15) is 0 Å². The van der Waals surface area contributed by atoms with Crippen LogP contribution < -0.4 is 0 Å². The normalized spacial score (nSPS) is 10.2. The SMILES string of the molecule is CCCn1nc(C(=O)O)cc1I. The summed E-state index contributed by atoms with van der Waals surface area (Å²) in [4.78, 5) is 10.5. The first-order valence-electron chi connectivity index (χ1n) is 3.61. The number of halogens is 1. The van der Waals surface area contributed by atoms with Crippen LogP contribution in [0.4, 0.5) is 0 Å². The molecule has 0 aliphatic carbocycles. The van der Waals surface area contributed by atoms with Gasteiger partial charge in [-0.15, -0.1) is 0 Å². The summed E-state index contributed by atoms with van der Waals surface area (Å²) < 4.78 is 2.57. The molecule has 4 nitrogen and oxygen atoms in total. The van der Waals surface area contributed by atoms with Crippen LogP contribution >= 0.6 is 22.6 Å². The van der Waals surface area contributed by atoms with E-state index < -0.39 is 5.97 Å². The van der Waals surface area contributed by atoms with Crippen molar-refractivity contribution in [1.29, 1.82) is 0 Å². The Morgan fingerprint density at radius 1 is 1.83 bits per heavy atom. The smallest absolute Gasteiger partial charge is 0.356 e. The standard InChI is InChI=1S/C7H9IN2O2/c1-2-3-10-6(8)4-5(9-10)7(11)12/h4H,2-3H2,1H3,(H,11,12). The van der Waals surface area contributed by atoms with E-state index in [2.05, 4.69) is 27.7 Å². The third-order valence-electron chi connectivity index (χ3n) is 1.39. The summed E-state index contributed by atoms with van der Waals surface area (Å²) in [5, 5.41) is 12.5. The largest absolute Gasteiger partial charge is 0.476 e. The highest BCUT2D eigenvalue weighted by atomic mass is 127. The molecule has 0 aliphatic rings. The van der Waals surface area contributed by atoms with Gasteiger partial charge in [0.15, 0.2) is 5.69 Å². The molecule has 0 saturated carbocycles. The lowest BCUT2D eigenvalue weighted by Gasteiger charge is -1.97. The van der Waals surface area contributed by atoms with Crippen molar-refractivity contribution in [3.63, 3.8) is 0 Å². The first kappa shape index (κ1) is 9.50. The van der Waals surface area contributed by atoms with Crippen LogP contribution in [0.2, 0.25) is 0 Å². The van der Waals surface area contributed by atoms with Crippen LogP contribution in [0.15, 0.2) is 6.07 Å². The van der Waals surface area contributed by atoms with Gasteiger partial charge >= 0.3 is 5.97 Å². The van der Waals surface area contributed by atoms with Crippen molar-refractivity contribution in [2.45, 2.75) is 19.9 Å². The molecule has 0 aliphatic heterocycles. The van der Waals surface area contributed by atoms with Crippen molar-refractivity contribution in [2.75, 3.05) is 0 Å². The van der Waals surface area contributed by atoms with Crippen molar-refractivity contribution in [3.8, 4) is 0 Å². The molecule has 0 bridgehead atoms. The molecule has 0 unspecified atom stereocenters. The van der Waals surface area contributed by atoms with Gasteiger partial charge in [-0.1, -0.05) is 6.92 Å². The minimum Gasteiger partial charge on any atom is -0.476 e. The summed E-state index contributed by atoms with van der Waals surface area (Å²) >= 11 is 2.08. The second kappa shape index (κ2) is 3.88. The molecule has 1 aromatic rings. The van der Waals surface area contributed by atoms with Gasteiger partial charge in [-0.25, -0.2) is 4.79 Å². The van der Waals surface area contributed by atoms with Crippen molar-refractivity contribution in [2.24, 2.45) is 0 Å². The molecule has 66 valence electrons. The van der Waals surface area contributed by atoms with Gasteiger partial charge < -0.3 is 5.11 Å². The van der Waals surface area contributed by atoms with Gasteiger partial charge in [0.2, 0.25) is 0 Å². The van der Waals surface area contributed by atoms with Crippen LogP contribution in [0.5, 0.6) is 0 Å². The summed E-state index contributed by atoms with van der Waals surface area (Å²) in [6.07, 6.45) is 0.955. The van der Waals surface area contributed by atoms with Crippen LogP contribution in [-0.2, 0) is 6.54 Å². The van der Waals surface area contributed by atoms with Crippen molar-refractivity contribution < 1.29 is 9.90 Å². The predicted octanol–water partition coefficient (Wildman–Crippen LogP) is 1.60. The second-order valence-electron chi connectivity index (χ2n) is 2.38. The predicted molar refractivity (Wildman–Crippen MR) is 52.2 cm³/mol. The molecule has 0 spiro atoms. The minimum atomic E-state index is -0.970. The van der Waals surface area contributed by atoms with Crippen LogP contribution in [0.25, 0.3) is 0 Å². The van der Waals surface area contributed by atoms with Crippen molar-refractivity contribution in [3.05, 3.63) is 15.5 Å². The van der Waals surface area contributed by atoms with E-state index >= 15 is 0 Å². The monoisotopic (exact) mass is 280 g/mol. The third kappa shape index (κ3) is 1.96. The molecule has 0 amide bonds. The fourth-order valence-corrected chi connectivity index (χ4v) is 1.51. The van der Waals surface area contributed by atoms with Crippen molar-refractivity contribution >= 4 is 28.6 Å². The van der Waals surface area contributed by atoms with Gasteiger partial charge in [-0.3, -0.25) is 4.68 Å². The zero-order chi connectivity index (χ0) is 9.14. The average Bonchev–Trinajstić information content (AvgIpc) is 2.34. The molecular formula is C7H9IN2O2. The Hall–Kier alpha value is -0.590. The van der Waals surface area contributed by atoms with Gasteiger partial charge in [0.25, 0.3) is 0 Å². The zero-order valence-corrected chi connectivity index (χ0v) is 8.78. The Morgan fingerprint density at radius 2 is 2.50 bits per heavy atom. The van der Waals surface area contributed by atoms with E-state index in [1.165, 1.54) is 0 Å². The molecule has 1 aromatic heterocycles. The molecule has 0 atom stereocenters. The summed E-state index contributed by atoms with van der Waals surface area (Å²) in [6, 6.07) is 1.57. The molecule has 1 N–H and O–H groups in total. The number of nitrogens with zero attached hydrogens (tertiary/aromatic N) is 2. The van der Waals surface area contributed by atoms with Gasteiger partial charge in [-0.05, 0) is 29.0 Å². The van der Waals surface area contributed by atoms with Crippen LogP contribution in [-0.4, -0.2) is 20.9 Å². The lowest BCUT2D eigenvalue weighted by Crippen LogP contribution is -2.03. The molecule has 0 saturated heterocycles. The highest BCUT2D eigenvalue weighted by molar-refractivity contribution is 14.1. The number of hydrogen-bond donors (Lipinski definition) is 1. The van der Waals surface area contributed by atoms with E-state index in [0.717, 1.165) is 16.7 Å². The number of carbonyl (C=O) groups is 1. The Bertz CT molecular complexity index is 296. The van der Waals surface area contributed by atoms with Crippen LogP contribution in [0, 0.1) is 3.70 Å². The average molecular weight is 280 g/mol. The van der Waals surface area contributed by atoms with E-state index in [9.17, 15) is 4.79 Å². The summed E-state index contributed by atoms with van der Waals surface area (Å²) in [7, 11) is 0. The molecule has 0 fully saturated rings. The van der Waals surface area contributed by atoms with E-state index in [4.69, 9.17) is 5.11 Å². The zero-order valence-electron chi connectivity index (χ0n) is 6.62. The number of carboxylic acid groups (broad SMARTS) is 1. The summed E-state index contributed by atoms with van der Waals surface area (Å²) in [5.74, 6) is -0.970. The Labute approximate surface area is 83.7 Å². The number of rotatable bonds is 3. The molecule has 1 heterocycles. The minimum absolute atomic E-state index is 0.118. The van der Waals surface area contributed by atoms with Gasteiger partial charge in [-0.2, -0.15) is 5.10 Å². The summed E-state index contributed by atoms with van der Waals surface area (Å²) in [6.45, 7) is 2.80. The number of carboxylic acids is 1. The maximum atomic E-state index is 10.5. The van der Waals surface area contributed by atoms with Crippen LogP contribution in [0.1, 0.15) is 23.8 Å². The highest BCUT2D eigenvalue weighted by Crippen LogP contribution is 2.08. The Balaban J connectivity index is 2.92. The third-order valence-corrected chi connectivity index (χ3v) is 2.25. The van der Waals surface area contributed by atoms with Gasteiger partial charge in [0.05, 0.1) is 3.70 Å². The topological polar surface area (TPSA) is 55.1 Å². The van der Waals surface area contributed by atoms with E-state index in [1.807, 2.05) is 6.92 Å². The van der Waals surface area contributed by atoms with Crippen LogP contribution in [0.3, 0.4) is 0 Å². The number of aromatic carboxylic acids is 1. The van der Waals surface area contributed by atoms with Crippen molar-refractivity contribution in [1.82, 2.24) is 9.78 Å². The Kier molecular flexibility index (Phi) is 3.07. The van der Waals surface area contributed by atoms with E-state index in [1.54, 1.807) is 10.7 Å². The highest BCUT2D eigenvalue weighted by Gasteiger charge is 2.09. The molecule has 0 radical (unpaired) electrons. The van der Waals surface area contributed by atoms with E-state index in [-0.39, 0.29) is 5.69 Å². The fourth-order valence-electron chi connectivity index (χ4n) is 0.867. The lowest BCUT2D eigenvalue weighted by molar-refractivity contribution is 0.0689. The molecule has 12 heavy (non-hydrogen) atoms. The number of hydrogen-bond acceptors (Lipinski definition) is 2. The number of aromatic nitrogens is 2. The number of aryl methyl sites for hydroxylation is 1. The van der Waals surface area contributed by atoms with E-state index in [0.29, 0.717) is 0 Å². The lowest BCUT2D eigenvalue weighted by atomic mass is 10.4. The molecule has 0 aromatic carbocycles. The first-order valence-corrected chi connectivity index (χ1v) is 4.69. The first-order chi connectivity index (χ1) is 5.65. The maximum absolute atomic E-state index is 10.5. The molecular weight excluding hydrogens is 271 g/mol.